The number of nitrogens with one attached hydrogen (secondary N) is 1. The highest BCUT2D eigenvalue weighted by Crippen LogP contribution is 2.28. The van der Waals surface area contributed by atoms with E-state index in [1.54, 1.807) is 31.2 Å². The molecular weight excluding hydrogens is 250 g/mol. The van der Waals surface area contributed by atoms with E-state index in [9.17, 15) is 9.90 Å². The lowest BCUT2D eigenvalue weighted by Crippen LogP contribution is -2.24. The van der Waals surface area contributed by atoms with Gasteiger partial charge >= 0.3 is 0 Å². The molecule has 3 nitrogen and oxygen atoms in total. The molecule has 0 heterocycles. The number of carbonyl (C=O) groups is 1. The summed E-state index contributed by atoms with van der Waals surface area (Å²) in [5.74, 6) is -0.0987. The Morgan fingerprint density at radius 1 is 1.05 bits per heavy atom. The smallest absolute Gasteiger partial charge is 0.251 e. The van der Waals surface area contributed by atoms with Crippen molar-refractivity contribution in [1.82, 2.24) is 5.32 Å². The molecule has 1 amide bonds. The second kappa shape index (κ2) is 5.88. The molecule has 0 fully saturated rings. The van der Waals surface area contributed by atoms with Gasteiger partial charge in [0.15, 0.2) is 0 Å². The van der Waals surface area contributed by atoms with Crippen molar-refractivity contribution < 1.29 is 9.90 Å². The average Bonchev–Trinajstić information content (AvgIpc) is 2.48. The molecular formula is C17H19NO2. The summed E-state index contributed by atoms with van der Waals surface area (Å²) in [6.07, 6.45) is 0. The van der Waals surface area contributed by atoms with Gasteiger partial charge in [0.25, 0.3) is 5.91 Å². The Hall–Kier alpha value is -2.13. The van der Waals surface area contributed by atoms with Crippen molar-refractivity contribution in [3.05, 3.63) is 71.3 Å². The lowest BCUT2D eigenvalue weighted by atomic mass is 9.88. The third-order valence-corrected chi connectivity index (χ3v) is 3.38. The van der Waals surface area contributed by atoms with Gasteiger partial charge in [-0.15, -0.1) is 0 Å². The second-order valence-corrected chi connectivity index (χ2v) is 4.88. The Morgan fingerprint density at radius 3 is 2.15 bits per heavy atom. The van der Waals surface area contributed by atoms with Crippen molar-refractivity contribution in [1.29, 1.82) is 0 Å². The van der Waals surface area contributed by atoms with Gasteiger partial charge in [-0.2, -0.15) is 0 Å². The maximum absolute atomic E-state index is 11.7. The highest BCUT2D eigenvalue weighted by Gasteiger charge is 2.25. The highest BCUT2D eigenvalue weighted by atomic mass is 16.3. The molecule has 0 radical (unpaired) electrons. The van der Waals surface area contributed by atoms with Crippen LogP contribution in [0.3, 0.4) is 0 Å². The van der Waals surface area contributed by atoms with Gasteiger partial charge in [-0.05, 0) is 37.1 Å². The number of hydrogen-bond acceptors (Lipinski definition) is 2. The minimum Gasteiger partial charge on any atom is -0.381 e. The van der Waals surface area contributed by atoms with Gasteiger partial charge in [0, 0.05) is 12.1 Å². The minimum absolute atomic E-state index is 0.0987. The number of rotatable bonds is 4. The van der Waals surface area contributed by atoms with Crippen molar-refractivity contribution in [2.75, 3.05) is 6.54 Å². The predicted molar refractivity (Wildman–Crippen MR) is 79.6 cm³/mol. The second-order valence-electron chi connectivity index (χ2n) is 4.88. The first kappa shape index (κ1) is 14.3. The topological polar surface area (TPSA) is 49.3 Å². The van der Waals surface area contributed by atoms with E-state index in [1.807, 2.05) is 37.3 Å². The van der Waals surface area contributed by atoms with Crippen LogP contribution >= 0.6 is 0 Å². The number of aliphatic hydroxyl groups is 1. The molecule has 1 atom stereocenters. The molecule has 1 unspecified atom stereocenters. The highest BCUT2D eigenvalue weighted by molar-refractivity contribution is 5.94. The van der Waals surface area contributed by atoms with E-state index < -0.39 is 5.60 Å². The fraction of sp³-hybridized carbons (Fsp3) is 0.235. The Bertz CT molecular complexity index is 574. The lowest BCUT2D eigenvalue weighted by molar-refractivity contribution is 0.0951. The van der Waals surface area contributed by atoms with E-state index in [-0.39, 0.29) is 5.91 Å². The first-order chi connectivity index (χ1) is 9.55. The summed E-state index contributed by atoms with van der Waals surface area (Å²) < 4.78 is 0. The molecule has 3 heteroatoms. The zero-order valence-corrected chi connectivity index (χ0v) is 11.8. The average molecular weight is 269 g/mol. The molecule has 20 heavy (non-hydrogen) atoms. The summed E-state index contributed by atoms with van der Waals surface area (Å²) >= 11 is 0. The number of amides is 1. The van der Waals surface area contributed by atoms with Crippen molar-refractivity contribution in [3.8, 4) is 0 Å². The molecule has 0 aliphatic heterocycles. The summed E-state index contributed by atoms with van der Waals surface area (Å²) in [5, 5.41) is 13.4. The van der Waals surface area contributed by atoms with Crippen LogP contribution in [0.15, 0.2) is 54.6 Å². The molecule has 0 spiro atoms. The van der Waals surface area contributed by atoms with E-state index in [2.05, 4.69) is 5.32 Å². The van der Waals surface area contributed by atoms with Gasteiger partial charge in [-0.1, -0.05) is 42.5 Å². The van der Waals surface area contributed by atoms with Crippen LogP contribution in [0.25, 0.3) is 0 Å². The van der Waals surface area contributed by atoms with E-state index in [0.29, 0.717) is 12.1 Å². The maximum Gasteiger partial charge on any atom is 0.251 e. The molecule has 2 aromatic carbocycles. The van der Waals surface area contributed by atoms with E-state index >= 15 is 0 Å². The quantitative estimate of drug-likeness (QED) is 0.896. The van der Waals surface area contributed by atoms with Crippen LogP contribution in [0.1, 0.15) is 35.3 Å². The minimum atomic E-state index is -1.07. The van der Waals surface area contributed by atoms with E-state index in [1.165, 1.54) is 0 Å². The van der Waals surface area contributed by atoms with Gasteiger partial charge in [-0.25, -0.2) is 0 Å². The molecule has 0 aromatic heterocycles. The molecule has 0 aliphatic carbocycles. The summed E-state index contributed by atoms with van der Waals surface area (Å²) in [7, 11) is 0. The van der Waals surface area contributed by atoms with Crippen LogP contribution in [0, 0.1) is 0 Å². The largest absolute Gasteiger partial charge is 0.381 e. The van der Waals surface area contributed by atoms with Gasteiger partial charge in [0.05, 0.1) is 0 Å². The molecule has 0 bridgehead atoms. The zero-order chi connectivity index (χ0) is 14.6. The SMILES string of the molecule is CCNC(=O)c1ccc(C(C)(O)c2ccccc2)cc1. The van der Waals surface area contributed by atoms with E-state index in [4.69, 9.17) is 0 Å². The molecule has 0 saturated heterocycles. The Balaban J connectivity index is 2.28. The predicted octanol–water partition coefficient (Wildman–Crippen LogP) is 2.69. The number of benzene rings is 2. The van der Waals surface area contributed by atoms with Gasteiger partial charge in [-0.3, -0.25) is 4.79 Å². The molecule has 2 aromatic rings. The Labute approximate surface area is 119 Å². The van der Waals surface area contributed by atoms with Gasteiger partial charge in [0.1, 0.15) is 5.60 Å². The standard InChI is InChI=1S/C17H19NO2/c1-3-18-16(19)13-9-11-15(12-10-13)17(2,20)14-7-5-4-6-8-14/h4-12,20H,3H2,1-2H3,(H,18,19). The van der Waals surface area contributed by atoms with Crippen molar-refractivity contribution in [2.24, 2.45) is 0 Å². The van der Waals surface area contributed by atoms with Crippen LogP contribution in [0.4, 0.5) is 0 Å². The summed E-state index contributed by atoms with van der Waals surface area (Å²) in [6.45, 7) is 4.23. The number of hydrogen-bond donors (Lipinski definition) is 2. The van der Waals surface area contributed by atoms with Crippen LogP contribution in [-0.2, 0) is 5.60 Å². The fourth-order valence-corrected chi connectivity index (χ4v) is 2.14. The van der Waals surface area contributed by atoms with Crippen molar-refractivity contribution in [3.63, 3.8) is 0 Å². The molecule has 0 aliphatic rings. The maximum atomic E-state index is 11.7. The first-order valence-electron chi connectivity index (χ1n) is 6.72. The third kappa shape index (κ3) is 2.89. The molecule has 104 valence electrons. The molecule has 2 N–H and O–H groups in total. The Kier molecular flexibility index (Phi) is 4.20. The Morgan fingerprint density at radius 2 is 1.60 bits per heavy atom. The van der Waals surface area contributed by atoms with Crippen molar-refractivity contribution >= 4 is 5.91 Å². The summed E-state index contributed by atoms with van der Waals surface area (Å²) in [6, 6.07) is 16.5. The van der Waals surface area contributed by atoms with Gasteiger partial charge in [0.2, 0.25) is 0 Å². The van der Waals surface area contributed by atoms with Gasteiger partial charge < -0.3 is 10.4 Å². The van der Waals surface area contributed by atoms with E-state index in [0.717, 1.165) is 11.1 Å². The summed E-state index contributed by atoms with van der Waals surface area (Å²) in [4.78, 5) is 11.7. The molecule has 0 saturated carbocycles. The van der Waals surface area contributed by atoms with Crippen LogP contribution in [-0.4, -0.2) is 17.6 Å². The monoisotopic (exact) mass is 269 g/mol. The lowest BCUT2D eigenvalue weighted by Gasteiger charge is -2.24. The molecule has 2 rings (SSSR count). The summed E-state index contributed by atoms with van der Waals surface area (Å²) in [5.41, 5.74) is 1.11. The third-order valence-electron chi connectivity index (χ3n) is 3.38. The van der Waals surface area contributed by atoms with Crippen molar-refractivity contribution in [2.45, 2.75) is 19.4 Å². The van der Waals surface area contributed by atoms with Crippen LogP contribution < -0.4 is 5.32 Å². The zero-order valence-electron chi connectivity index (χ0n) is 11.8. The number of carbonyl (C=O) groups excluding carboxylic acids is 1. The normalized spacial score (nSPS) is 13.6. The fourth-order valence-electron chi connectivity index (χ4n) is 2.14. The van der Waals surface area contributed by atoms with Crippen LogP contribution in [0.2, 0.25) is 0 Å². The van der Waals surface area contributed by atoms with Crippen LogP contribution in [0.5, 0.6) is 0 Å². The first-order valence-corrected chi connectivity index (χ1v) is 6.72.